The highest BCUT2D eigenvalue weighted by molar-refractivity contribution is 8.00. The summed E-state index contributed by atoms with van der Waals surface area (Å²) in [6, 6.07) is 0. The summed E-state index contributed by atoms with van der Waals surface area (Å²) >= 11 is 1.88. The molecule has 0 bridgehead atoms. The number of piperidine rings is 1. The van der Waals surface area contributed by atoms with Crippen molar-refractivity contribution in [2.75, 3.05) is 25.9 Å². The minimum atomic E-state index is 0.178. The van der Waals surface area contributed by atoms with Crippen LogP contribution in [0, 0.1) is 5.92 Å². The Hall–Kier alpha value is -0.220. The topological polar surface area (TPSA) is 41.1 Å². The first-order valence-electron chi connectivity index (χ1n) is 6.71. The lowest BCUT2D eigenvalue weighted by molar-refractivity contribution is -0.125. The van der Waals surface area contributed by atoms with Crippen molar-refractivity contribution < 1.29 is 4.79 Å². The van der Waals surface area contributed by atoms with Crippen LogP contribution in [0.5, 0.6) is 0 Å². The molecule has 1 saturated heterocycles. The van der Waals surface area contributed by atoms with E-state index in [-0.39, 0.29) is 16.6 Å². The molecule has 0 aromatic carbocycles. The molecule has 2 N–H and O–H groups in total. The second kappa shape index (κ2) is 7.27. The van der Waals surface area contributed by atoms with E-state index >= 15 is 0 Å². The number of hydrogen-bond donors (Lipinski definition) is 2. The average molecular weight is 258 g/mol. The monoisotopic (exact) mass is 258 g/mol. The zero-order chi connectivity index (χ0) is 12.7. The number of amides is 1. The van der Waals surface area contributed by atoms with Gasteiger partial charge in [0.1, 0.15) is 0 Å². The van der Waals surface area contributed by atoms with E-state index in [9.17, 15) is 4.79 Å². The Bertz CT molecular complexity index is 227. The molecule has 3 nitrogen and oxygen atoms in total. The number of thioether (sulfide) groups is 1. The molecule has 0 aliphatic carbocycles. The van der Waals surface area contributed by atoms with Crippen molar-refractivity contribution in [2.24, 2.45) is 5.92 Å². The number of rotatable bonds is 6. The Kier molecular flexibility index (Phi) is 6.34. The minimum absolute atomic E-state index is 0.178. The molecule has 17 heavy (non-hydrogen) atoms. The Balaban J connectivity index is 2.40. The molecule has 1 rings (SSSR count). The van der Waals surface area contributed by atoms with Crippen molar-refractivity contribution in [1.82, 2.24) is 10.6 Å². The number of hydrogen-bond acceptors (Lipinski definition) is 3. The molecule has 1 atom stereocenters. The molecule has 1 aliphatic rings. The number of carbonyl (C=O) groups excluding carboxylic acids is 1. The molecule has 0 aromatic rings. The van der Waals surface area contributed by atoms with Gasteiger partial charge in [-0.1, -0.05) is 13.8 Å². The van der Waals surface area contributed by atoms with E-state index < -0.39 is 0 Å². The summed E-state index contributed by atoms with van der Waals surface area (Å²) in [4.78, 5) is 12.0. The third kappa shape index (κ3) is 4.18. The zero-order valence-corrected chi connectivity index (χ0v) is 12.2. The van der Waals surface area contributed by atoms with Gasteiger partial charge in [-0.25, -0.2) is 0 Å². The van der Waals surface area contributed by atoms with Crippen molar-refractivity contribution in [2.45, 2.75) is 44.3 Å². The van der Waals surface area contributed by atoms with E-state index in [1.54, 1.807) is 0 Å². The highest BCUT2D eigenvalue weighted by Crippen LogP contribution is 2.29. The van der Waals surface area contributed by atoms with Crippen LogP contribution in [0.25, 0.3) is 0 Å². The van der Waals surface area contributed by atoms with Crippen LogP contribution in [0.1, 0.15) is 39.5 Å². The average Bonchev–Trinajstić information content (AvgIpc) is 2.41. The van der Waals surface area contributed by atoms with E-state index in [1.165, 1.54) is 0 Å². The van der Waals surface area contributed by atoms with Crippen molar-refractivity contribution in [3.8, 4) is 0 Å². The first-order chi connectivity index (χ1) is 8.17. The molecule has 0 aromatic heterocycles. The Morgan fingerprint density at radius 1 is 1.47 bits per heavy atom. The minimum Gasteiger partial charge on any atom is -0.354 e. The second-order valence-electron chi connectivity index (χ2n) is 4.86. The largest absolute Gasteiger partial charge is 0.354 e. The lowest BCUT2D eigenvalue weighted by atomic mass is 9.97. The molecular weight excluding hydrogens is 232 g/mol. The Morgan fingerprint density at radius 3 is 2.65 bits per heavy atom. The van der Waals surface area contributed by atoms with Crippen molar-refractivity contribution in [1.29, 1.82) is 0 Å². The molecule has 1 amide bonds. The van der Waals surface area contributed by atoms with Crippen LogP contribution in [0.15, 0.2) is 0 Å². The zero-order valence-electron chi connectivity index (χ0n) is 11.3. The molecule has 0 radical (unpaired) electrons. The smallest absolute Gasteiger partial charge is 0.224 e. The summed E-state index contributed by atoms with van der Waals surface area (Å²) < 4.78 is 0.220. The van der Waals surface area contributed by atoms with Gasteiger partial charge in [-0.05, 0) is 38.5 Å². The van der Waals surface area contributed by atoms with Gasteiger partial charge < -0.3 is 10.6 Å². The molecule has 1 heterocycles. The lowest BCUT2D eigenvalue weighted by Crippen LogP contribution is -2.45. The molecular formula is C13H26N2OS. The number of nitrogens with one attached hydrogen (secondary N) is 2. The van der Waals surface area contributed by atoms with Crippen LogP contribution in [0.3, 0.4) is 0 Å². The Morgan fingerprint density at radius 2 is 2.18 bits per heavy atom. The van der Waals surface area contributed by atoms with E-state index in [1.807, 2.05) is 11.8 Å². The van der Waals surface area contributed by atoms with Crippen LogP contribution >= 0.6 is 11.8 Å². The van der Waals surface area contributed by atoms with Gasteiger partial charge in [0.2, 0.25) is 5.91 Å². The van der Waals surface area contributed by atoms with Crippen LogP contribution in [0.4, 0.5) is 0 Å². The van der Waals surface area contributed by atoms with Crippen molar-refractivity contribution >= 4 is 17.7 Å². The summed E-state index contributed by atoms with van der Waals surface area (Å²) in [6.45, 7) is 7.11. The summed E-state index contributed by atoms with van der Waals surface area (Å²) in [5.74, 6) is 0.412. The van der Waals surface area contributed by atoms with Crippen LogP contribution in [0.2, 0.25) is 0 Å². The van der Waals surface area contributed by atoms with E-state index in [0.29, 0.717) is 0 Å². The van der Waals surface area contributed by atoms with E-state index in [4.69, 9.17) is 0 Å². The van der Waals surface area contributed by atoms with Crippen LogP contribution in [-0.4, -0.2) is 36.5 Å². The maximum absolute atomic E-state index is 12.0. The van der Waals surface area contributed by atoms with Gasteiger partial charge in [0, 0.05) is 17.8 Å². The molecule has 1 aliphatic heterocycles. The third-order valence-electron chi connectivity index (χ3n) is 3.97. The first-order valence-corrected chi connectivity index (χ1v) is 7.93. The van der Waals surface area contributed by atoms with Gasteiger partial charge in [-0.3, -0.25) is 4.79 Å². The molecule has 4 heteroatoms. The van der Waals surface area contributed by atoms with Gasteiger partial charge in [0.05, 0.1) is 5.92 Å². The summed E-state index contributed by atoms with van der Waals surface area (Å²) in [6.07, 6.45) is 6.50. The number of carbonyl (C=O) groups is 1. The molecule has 0 saturated carbocycles. The van der Waals surface area contributed by atoms with Gasteiger partial charge in [0.15, 0.2) is 0 Å². The SMILES string of the molecule is CCC(CC)(CNC(=O)[C@@H]1CCCNC1)SC. The lowest BCUT2D eigenvalue weighted by Gasteiger charge is -2.31. The predicted octanol–water partition coefficient (Wildman–Crippen LogP) is 2.02. The third-order valence-corrected chi connectivity index (χ3v) is 5.56. The van der Waals surface area contributed by atoms with E-state index in [0.717, 1.165) is 45.3 Å². The maximum Gasteiger partial charge on any atom is 0.224 e. The van der Waals surface area contributed by atoms with Crippen LogP contribution in [-0.2, 0) is 4.79 Å². The molecule has 0 spiro atoms. The standard InChI is InChI=1S/C13H26N2OS/c1-4-13(5-2,17-3)10-15-12(16)11-7-6-8-14-9-11/h11,14H,4-10H2,1-3H3,(H,15,16)/t11-/m1/s1. The fourth-order valence-corrected chi connectivity index (χ4v) is 3.12. The highest BCUT2D eigenvalue weighted by atomic mass is 32.2. The van der Waals surface area contributed by atoms with Gasteiger partial charge in [-0.2, -0.15) is 11.8 Å². The normalized spacial score (nSPS) is 21.2. The predicted molar refractivity (Wildman–Crippen MR) is 75.4 cm³/mol. The van der Waals surface area contributed by atoms with Gasteiger partial charge in [0.25, 0.3) is 0 Å². The molecule has 1 fully saturated rings. The van der Waals surface area contributed by atoms with Crippen molar-refractivity contribution in [3.05, 3.63) is 0 Å². The maximum atomic E-state index is 12.0. The fraction of sp³-hybridized carbons (Fsp3) is 0.923. The van der Waals surface area contributed by atoms with Crippen LogP contribution < -0.4 is 10.6 Å². The summed E-state index contributed by atoms with van der Waals surface area (Å²) in [7, 11) is 0. The first kappa shape index (κ1) is 14.8. The highest BCUT2D eigenvalue weighted by Gasteiger charge is 2.27. The van der Waals surface area contributed by atoms with Gasteiger partial charge in [-0.15, -0.1) is 0 Å². The van der Waals surface area contributed by atoms with Crippen molar-refractivity contribution in [3.63, 3.8) is 0 Å². The van der Waals surface area contributed by atoms with E-state index in [2.05, 4.69) is 30.7 Å². The Labute approximate surface area is 109 Å². The summed E-state index contributed by atoms with van der Waals surface area (Å²) in [5, 5.41) is 6.44. The molecule has 100 valence electrons. The van der Waals surface area contributed by atoms with Gasteiger partial charge >= 0.3 is 0 Å². The molecule has 0 unspecified atom stereocenters. The second-order valence-corrected chi connectivity index (χ2v) is 6.13. The fourth-order valence-electron chi connectivity index (χ4n) is 2.33. The quantitative estimate of drug-likeness (QED) is 0.766. The summed E-state index contributed by atoms with van der Waals surface area (Å²) in [5.41, 5.74) is 0.